The van der Waals surface area contributed by atoms with Crippen LogP contribution in [0.15, 0.2) is 6.07 Å². The molecule has 1 aliphatic rings. The van der Waals surface area contributed by atoms with Gasteiger partial charge in [0.25, 0.3) is 0 Å². The number of ether oxygens (including phenoxy) is 1. The van der Waals surface area contributed by atoms with Crippen LogP contribution in [0.3, 0.4) is 0 Å². The molecule has 2 rings (SSSR count). The van der Waals surface area contributed by atoms with Gasteiger partial charge in [0.2, 0.25) is 0 Å². The second-order valence-electron chi connectivity index (χ2n) is 6.09. The van der Waals surface area contributed by atoms with E-state index in [0.29, 0.717) is 6.54 Å². The third kappa shape index (κ3) is 4.04. The van der Waals surface area contributed by atoms with Gasteiger partial charge in [-0.1, -0.05) is 6.92 Å². The molecule has 1 saturated heterocycles. The minimum Gasteiger partial charge on any atom is -0.394 e. The predicted molar refractivity (Wildman–Crippen MR) is 83.8 cm³/mol. The number of anilines is 2. The van der Waals surface area contributed by atoms with E-state index in [9.17, 15) is 5.11 Å². The van der Waals surface area contributed by atoms with Gasteiger partial charge < -0.3 is 20.1 Å². The van der Waals surface area contributed by atoms with Gasteiger partial charge in [-0.3, -0.25) is 0 Å². The van der Waals surface area contributed by atoms with Gasteiger partial charge in [0, 0.05) is 32.6 Å². The SMILES string of the molecule is CCCc1nc(NC)cc(N2CC(CO)OC(C)(C)C2)n1. The summed E-state index contributed by atoms with van der Waals surface area (Å²) >= 11 is 0. The molecule has 2 N–H and O–H groups in total. The molecule has 0 radical (unpaired) electrons. The first-order valence-electron chi connectivity index (χ1n) is 7.56. The number of aliphatic hydroxyl groups is 1. The Kier molecular flexibility index (Phi) is 5.00. The second kappa shape index (κ2) is 6.58. The van der Waals surface area contributed by atoms with Crippen molar-refractivity contribution in [1.82, 2.24) is 9.97 Å². The first-order chi connectivity index (χ1) is 9.97. The Morgan fingerprint density at radius 1 is 1.48 bits per heavy atom. The smallest absolute Gasteiger partial charge is 0.134 e. The number of nitrogens with one attached hydrogen (secondary N) is 1. The molecule has 1 fully saturated rings. The molecule has 6 nitrogen and oxygen atoms in total. The van der Waals surface area contributed by atoms with Crippen LogP contribution >= 0.6 is 0 Å². The highest BCUT2D eigenvalue weighted by molar-refractivity contribution is 5.50. The molecule has 6 heteroatoms. The number of hydrogen-bond acceptors (Lipinski definition) is 6. The standard InChI is InChI=1S/C15H26N4O2/c1-5-6-12-17-13(16-4)7-14(18-12)19-8-11(9-20)21-15(2,3)10-19/h7,11,20H,5-6,8-10H2,1-4H3,(H,16,17,18). The monoisotopic (exact) mass is 294 g/mol. The van der Waals surface area contributed by atoms with Crippen molar-refractivity contribution in [3.05, 3.63) is 11.9 Å². The van der Waals surface area contributed by atoms with Crippen LogP contribution in [-0.2, 0) is 11.2 Å². The second-order valence-corrected chi connectivity index (χ2v) is 6.09. The highest BCUT2D eigenvalue weighted by Crippen LogP contribution is 2.26. The summed E-state index contributed by atoms with van der Waals surface area (Å²) in [5.41, 5.74) is -0.304. The summed E-state index contributed by atoms with van der Waals surface area (Å²) in [7, 11) is 1.86. The van der Waals surface area contributed by atoms with Crippen LogP contribution in [0.4, 0.5) is 11.6 Å². The van der Waals surface area contributed by atoms with Crippen molar-refractivity contribution in [3.8, 4) is 0 Å². The van der Waals surface area contributed by atoms with Gasteiger partial charge in [-0.25, -0.2) is 9.97 Å². The van der Waals surface area contributed by atoms with Crippen molar-refractivity contribution in [2.45, 2.75) is 45.3 Å². The maximum absolute atomic E-state index is 9.43. The van der Waals surface area contributed by atoms with Crippen molar-refractivity contribution in [2.24, 2.45) is 0 Å². The van der Waals surface area contributed by atoms with Gasteiger partial charge in [-0.05, 0) is 20.3 Å². The maximum atomic E-state index is 9.43. The van der Waals surface area contributed by atoms with Crippen LogP contribution < -0.4 is 10.2 Å². The molecular formula is C15H26N4O2. The minimum absolute atomic E-state index is 0.0196. The molecule has 0 bridgehead atoms. The van der Waals surface area contributed by atoms with E-state index in [2.05, 4.69) is 27.1 Å². The Hall–Kier alpha value is -1.40. The molecule has 118 valence electrons. The van der Waals surface area contributed by atoms with Gasteiger partial charge in [-0.2, -0.15) is 0 Å². The number of aromatic nitrogens is 2. The van der Waals surface area contributed by atoms with E-state index in [1.165, 1.54) is 0 Å². The lowest BCUT2D eigenvalue weighted by molar-refractivity contribution is -0.101. The quantitative estimate of drug-likeness (QED) is 0.856. The Bertz CT molecular complexity index is 479. The third-order valence-corrected chi connectivity index (χ3v) is 3.50. The van der Waals surface area contributed by atoms with Crippen molar-refractivity contribution in [1.29, 1.82) is 0 Å². The molecular weight excluding hydrogens is 268 g/mol. The van der Waals surface area contributed by atoms with E-state index >= 15 is 0 Å². The first-order valence-corrected chi connectivity index (χ1v) is 7.56. The summed E-state index contributed by atoms with van der Waals surface area (Å²) in [6.07, 6.45) is 1.69. The van der Waals surface area contributed by atoms with Crippen LogP contribution in [0, 0.1) is 0 Å². The van der Waals surface area contributed by atoms with Gasteiger partial charge in [0.05, 0.1) is 18.3 Å². The average molecular weight is 294 g/mol. The molecule has 0 saturated carbocycles. The Balaban J connectivity index is 2.28. The Morgan fingerprint density at radius 3 is 2.86 bits per heavy atom. The maximum Gasteiger partial charge on any atom is 0.134 e. The molecule has 0 aromatic carbocycles. The summed E-state index contributed by atoms with van der Waals surface area (Å²) in [4.78, 5) is 11.3. The molecule has 1 atom stereocenters. The average Bonchev–Trinajstić information content (AvgIpc) is 2.45. The van der Waals surface area contributed by atoms with Gasteiger partial charge >= 0.3 is 0 Å². The van der Waals surface area contributed by atoms with E-state index in [-0.39, 0.29) is 18.3 Å². The highest BCUT2D eigenvalue weighted by atomic mass is 16.5. The zero-order valence-corrected chi connectivity index (χ0v) is 13.4. The Labute approximate surface area is 126 Å². The lowest BCUT2D eigenvalue weighted by atomic mass is 10.1. The van der Waals surface area contributed by atoms with Crippen molar-refractivity contribution < 1.29 is 9.84 Å². The molecule has 1 unspecified atom stereocenters. The van der Waals surface area contributed by atoms with E-state index < -0.39 is 0 Å². The summed E-state index contributed by atoms with van der Waals surface area (Å²) in [5.74, 6) is 2.57. The lowest BCUT2D eigenvalue weighted by Crippen LogP contribution is -2.54. The molecule has 0 spiro atoms. The first kappa shape index (κ1) is 16.0. The van der Waals surface area contributed by atoms with E-state index in [1.807, 2.05) is 27.0 Å². The third-order valence-electron chi connectivity index (χ3n) is 3.50. The minimum atomic E-state index is -0.304. The van der Waals surface area contributed by atoms with Crippen molar-refractivity contribution in [3.63, 3.8) is 0 Å². The summed E-state index contributed by atoms with van der Waals surface area (Å²) in [6, 6.07) is 1.95. The predicted octanol–water partition coefficient (Wildman–Crippen LogP) is 1.45. The van der Waals surface area contributed by atoms with Crippen molar-refractivity contribution >= 4 is 11.6 Å². The highest BCUT2D eigenvalue weighted by Gasteiger charge is 2.33. The fourth-order valence-electron chi connectivity index (χ4n) is 2.67. The summed E-state index contributed by atoms with van der Waals surface area (Å²) in [6.45, 7) is 7.60. The molecule has 2 heterocycles. The van der Waals surface area contributed by atoms with E-state index in [1.54, 1.807) is 0 Å². The van der Waals surface area contributed by atoms with Gasteiger partial charge in [0.15, 0.2) is 0 Å². The van der Waals surface area contributed by atoms with Crippen LogP contribution in [0.25, 0.3) is 0 Å². The van der Waals surface area contributed by atoms with E-state index in [0.717, 1.165) is 36.8 Å². The van der Waals surface area contributed by atoms with Gasteiger partial charge in [0.1, 0.15) is 17.5 Å². The molecule has 1 aliphatic heterocycles. The molecule has 0 amide bonds. The van der Waals surface area contributed by atoms with Crippen molar-refractivity contribution in [2.75, 3.05) is 37.0 Å². The molecule has 1 aromatic heterocycles. The fourth-order valence-corrected chi connectivity index (χ4v) is 2.67. The number of nitrogens with zero attached hydrogens (tertiary/aromatic N) is 3. The normalized spacial score (nSPS) is 21.4. The summed E-state index contributed by atoms with van der Waals surface area (Å²) in [5, 5.41) is 12.5. The number of morpholine rings is 1. The number of hydrogen-bond donors (Lipinski definition) is 2. The van der Waals surface area contributed by atoms with Crippen LogP contribution in [0.2, 0.25) is 0 Å². The van der Waals surface area contributed by atoms with Crippen LogP contribution in [-0.4, -0.2) is 53.5 Å². The fraction of sp³-hybridized carbons (Fsp3) is 0.733. The topological polar surface area (TPSA) is 70.5 Å². The van der Waals surface area contributed by atoms with Gasteiger partial charge in [-0.15, -0.1) is 0 Å². The van der Waals surface area contributed by atoms with E-state index in [4.69, 9.17) is 4.74 Å². The zero-order valence-electron chi connectivity index (χ0n) is 13.4. The largest absolute Gasteiger partial charge is 0.394 e. The van der Waals surface area contributed by atoms with Crippen LogP contribution in [0.5, 0.6) is 0 Å². The molecule has 1 aromatic rings. The summed E-state index contributed by atoms with van der Waals surface area (Å²) < 4.78 is 5.86. The molecule has 0 aliphatic carbocycles. The van der Waals surface area contributed by atoms with Crippen LogP contribution in [0.1, 0.15) is 33.0 Å². The number of rotatable bonds is 5. The lowest BCUT2D eigenvalue weighted by Gasteiger charge is -2.42. The zero-order chi connectivity index (χ0) is 15.5. The number of aliphatic hydroxyl groups excluding tert-OH is 1. The number of aryl methyl sites for hydroxylation is 1. The Morgan fingerprint density at radius 2 is 2.24 bits per heavy atom. The molecule has 21 heavy (non-hydrogen) atoms.